The van der Waals surface area contributed by atoms with Gasteiger partial charge in [0, 0.05) is 10.4 Å². The van der Waals surface area contributed by atoms with Gasteiger partial charge in [-0.05, 0) is 40.8 Å². The molecule has 0 atom stereocenters. The van der Waals surface area contributed by atoms with Gasteiger partial charge in [0.2, 0.25) is 0 Å². The summed E-state index contributed by atoms with van der Waals surface area (Å²) in [4.78, 5) is 0. The van der Waals surface area contributed by atoms with Gasteiger partial charge in [-0.25, -0.2) is 0 Å². The normalized spacial score (nSPS) is 10.7. The molecular formula is C8H3Cl2IN2. The molecule has 66 valence electrons. The molecule has 0 aliphatic carbocycles. The summed E-state index contributed by atoms with van der Waals surface area (Å²) in [5.41, 5.74) is 0.759. The molecule has 1 heterocycles. The highest BCUT2D eigenvalue weighted by atomic mass is 127. The van der Waals surface area contributed by atoms with Crippen molar-refractivity contribution in [1.29, 1.82) is 0 Å². The Morgan fingerprint density at radius 2 is 1.92 bits per heavy atom. The first-order valence-corrected chi connectivity index (χ1v) is 5.29. The monoisotopic (exact) mass is 324 g/mol. The second-order valence-electron chi connectivity index (χ2n) is 2.47. The molecule has 0 saturated heterocycles. The van der Waals surface area contributed by atoms with Crippen LogP contribution in [0.1, 0.15) is 0 Å². The van der Waals surface area contributed by atoms with Crippen molar-refractivity contribution in [2.75, 3.05) is 0 Å². The molecule has 0 radical (unpaired) electrons. The maximum Gasteiger partial charge on any atom is 0.143 e. The molecule has 2 nitrogen and oxygen atoms in total. The second kappa shape index (κ2) is 3.55. The van der Waals surface area contributed by atoms with Crippen LogP contribution in [0.4, 0.5) is 0 Å². The summed E-state index contributed by atoms with van der Waals surface area (Å²) in [6.45, 7) is 0. The Labute approximate surface area is 98.4 Å². The summed E-state index contributed by atoms with van der Waals surface area (Å²) in [5.74, 6) is 0. The van der Waals surface area contributed by atoms with Crippen molar-refractivity contribution in [3.05, 3.63) is 31.9 Å². The zero-order chi connectivity index (χ0) is 9.42. The van der Waals surface area contributed by atoms with E-state index >= 15 is 0 Å². The number of aromatic nitrogens is 2. The van der Waals surface area contributed by atoms with Gasteiger partial charge in [0.15, 0.2) is 0 Å². The van der Waals surface area contributed by atoms with Gasteiger partial charge in [0.05, 0.1) is 10.5 Å². The van der Waals surface area contributed by atoms with Crippen LogP contribution in [0.5, 0.6) is 0 Å². The van der Waals surface area contributed by atoms with Crippen molar-refractivity contribution in [1.82, 2.24) is 10.2 Å². The van der Waals surface area contributed by atoms with E-state index in [0.29, 0.717) is 13.7 Å². The van der Waals surface area contributed by atoms with Crippen molar-refractivity contribution in [2.24, 2.45) is 0 Å². The van der Waals surface area contributed by atoms with Gasteiger partial charge in [0.1, 0.15) is 3.70 Å². The summed E-state index contributed by atoms with van der Waals surface area (Å²) >= 11 is 13.9. The number of fused-ring (bicyclic) bond motifs is 1. The summed E-state index contributed by atoms with van der Waals surface area (Å²) in [6, 6.07) is 5.35. The van der Waals surface area contributed by atoms with Crippen LogP contribution in [0.2, 0.25) is 10.0 Å². The third-order valence-corrected chi connectivity index (χ3v) is 3.31. The Balaban J connectivity index is 2.89. The standard InChI is InChI=1S/C8H3Cl2IN2/c9-4-1-2-6-5(3-4)7(10)8(11)13-12-6/h1-3H. The molecule has 0 aliphatic rings. The molecule has 2 aromatic rings. The number of hydrogen-bond donors (Lipinski definition) is 0. The molecular weight excluding hydrogens is 322 g/mol. The summed E-state index contributed by atoms with van der Waals surface area (Å²) in [5, 5.41) is 9.98. The first-order chi connectivity index (χ1) is 6.18. The van der Waals surface area contributed by atoms with E-state index in [1.165, 1.54) is 0 Å². The lowest BCUT2D eigenvalue weighted by atomic mass is 10.2. The molecule has 1 aromatic carbocycles. The smallest absolute Gasteiger partial charge is 0.143 e. The predicted molar refractivity (Wildman–Crippen MR) is 62.3 cm³/mol. The zero-order valence-corrected chi connectivity index (χ0v) is 9.93. The topological polar surface area (TPSA) is 25.8 Å². The Morgan fingerprint density at radius 3 is 2.69 bits per heavy atom. The number of rotatable bonds is 0. The molecule has 0 fully saturated rings. The predicted octanol–water partition coefficient (Wildman–Crippen LogP) is 3.54. The van der Waals surface area contributed by atoms with Gasteiger partial charge in [-0.15, -0.1) is 10.2 Å². The SMILES string of the molecule is Clc1ccc2nnc(I)c(Cl)c2c1. The van der Waals surface area contributed by atoms with E-state index < -0.39 is 0 Å². The fourth-order valence-electron chi connectivity index (χ4n) is 1.02. The van der Waals surface area contributed by atoms with Crippen LogP contribution >= 0.6 is 45.8 Å². The quantitative estimate of drug-likeness (QED) is 0.693. The molecule has 13 heavy (non-hydrogen) atoms. The average Bonchev–Trinajstić information content (AvgIpc) is 2.12. The Kier molecular flexibility index (Phi) is 2.58. The van der Waals surface area contributed by atoms with Crippen LogP contribution in [-0.4, -0.2) is 10.2 Å². The fraction of sp³-hybridized carbons (Fsp3) is 0. The molecule has 0 bridgehead atoms. The van der Waals surface area contributed by atoms with E-state index in [-0.39, 0.29) is 0 Å². The Hall–Kier alpha value is -0.130. The Morgan fingerprint density at radius 1 is 1.15 bits per heavy atom. The van der Waals surface area contributed by atoms with Crippen molar-refractivity contribution in [2.45, 2.75) is 0 Å². The van der Waals surface area contributed by atoms with Gasteiger partial charge < -0.3 is 0 Å². The molecule has 0 saturated carbocycles. The fourth-order valence-corrected chi connectivity index (χ4v) is 1.78. The number of benzene rings is 1. The first-order valence-electron chi connectivity index (χ1n) is 3.45. The van der Waals surface area contributed by atoms with Crippen molar-refractivity contribution < 1.29 is 0 Å². The van der Waals surface area contributed by atoms with E-state index in [1.54, 1.807) is 18.2 Å². The van der Waals surface area contributed by atoms with Crippen molar-refractivity contribution in [3.8, 4) is 0 Å². The molecule has 2 rings (SSSR count). The van der Waals surface area contributed by atoms with Gasteiger partial charge in [-0.3, -0.25) is 0 Å². The Bertz CT molecular complexity index is 468. The van der Waals surface area contributed by atoms with Crippen molar-refractivity contribution in [3.63, 3.8) is 0 Å². The van der Waals surface area contributed by atoms with Crippen LogP contribution in [-0.2, 0) is 0 Å². The van der Waals surface area contributed by atoms with Crippen LogP contribution in [0.3, 0.4) is 0 Å². The lowest BCUT2D eigenvalue weighted by molar-refractivity contribution is 1.04. The highest BCUT2D eigenvalue weighted by Gasteiger charge is 2.05. The molecule has 1 aromatic heterocycles. The molecule has 0 N–H and O–H groups in total. The van der Waals surface area contributed by atoms with Crippen LogP contribution < -0.4 is 0 Å². The molecule has 5 heteroatoms. The van der Waals surface area contributed by atoms with Gasteiger partial charge in [0.25, 0.3) is 0 Å². The van der Waals surface area contributed by atoms with E-state index in [9.17, 15) is 0 Å². The van der Waals surface area contributed by atoms with Crippen LogP contribution in [0, 0.1) is 3.70 Å². The van der Waals surface area contributed by atoms with E-state index in [1.807, 2.05) is 22.6 Å². The molecule has 0 aliphatic heterocycles. The van der Waals surface area contributed by atoms with Gasteiger partial charge >= 0.3 is 0 Å². The third-order valence-electron chi connectivity index (χ3n) is 1.62. The van der Waals surface area contributed by atoms with Gasteiger partial charge in [-0.1, -0.05) is 23.2 Å². The molecule has 0 spiro atoms. The lowest BCUT2D eigenvalue weighted by Gasteiger charge is -2.00. The molecule has 0 unspecified atom stereocenters. The minimum absolute atomic E-state index is 0.605. The highest BCUT2D eigenvalue weighted by Crippen LogP contribution is 2.27. The van der Waals surface area contributed by atoms with E-state index in [4.69, 9.17) is 23.2 Å². The van der Waals surface area contributed by atoms with Crippen molar-refractivity contribution >= 4 is 56.7 Å². The summed E-state index contributed by atoms with van der Waals surface area (Å²) in [6.07, 6.45) is 0. The number of nitrogens with zero attached hydrogens (tertiary/aromatic N) is 2. The van der Waals surface area contributed by atoms with Crippen LogP contribution in [0.25, 0.3) is 10.9 Å². The minimum Gasteiger partial charge on any atom is -0.149 e. The van der Waals surface area contributed by atoms with E-state index in [2.05, 4.69) is 10.2 Å². The minimum atomic E-state index is 0.605. The summed E-state index contributed by atoms with van der Waals surface area (Å²) in [7, 11) is 0. The zero-order valence-electron chi connectivity index (χ0n) is 6.26. The maximum atomic E-state index is 6.03. The largest absolute Gasteiger partial charge is 0.149 e. The average molecular weight is 325 g/mol. The van der Waals surface area contributed by atoms with Crippen LogP contribution in [0.15, 0.2) is 18.2 Å². The maximum absolute atomic E-state index is 6.03. The number of halogens is 3. The summed E-state index contributed by atoms with van der Waals surface area (Å²) < 4.78 is 0.689. The lowest BCUT2D eigenvalue weighted by Crippen LogP contribution is -1.89. The number of hydrogen-bond acceptors (Lipinski definition) is 2. The first kappa shape index (κ1) is 9.43. The van der Waals surface area contributed by atoms with E-state index in [0.717, 1.165) is 10.9 Å². The third kappa shape index (κ3) is 1.73. The van der Waals surface area contributed by atoms with Gasteiger partial charge in [-0.2, -0.15) is 0 Å². The highest BCUT2D eigenvalue weighted by molar-refractivity contribution is 14.1. The molecule has 0 amide bonds. The second-order valence-corrected chi connectivity index (χ2v) is 4.30.